The van der Waals surface area contributed by atoms with Gasteiger partial charge in [-0.25, -0.2) is 0 Å². The Labute approximate surface area is 141 Å². The molecule has 1 aromatic heterocycles. The predicted molar refractivity (Wildman–Crippen MR) is 93.0 cm³/mol. The van der Waals surface area contributed by atoms with E-state index in [9.17, 15) is 9.59 Å². The Balaban J connectivity index is 1.73. The van der Waals surface area contributed by atoms with Crippen molar-refractivity contribution in [2.75, 3.05) is 16.8 Å². The monoisotopic (exact) mass is 326 g/mol. The van der Waals surface area contributed by atoms with Gasteiger partial charge in [-0.1, -0.05) is 17.7 Å². The maximum atomic E-state index is 12.6. The van der Waals surface area contributed by atoms with Crippen molar-refractivity contribution in [2.24, 2.45) is 13.0 Å². The zero-order chi connectivity index (χ0) is 17.4. The van der Waals surface area contributed by atoms with E-state index >= 15 is 0 Å². The third-order valence-electron chi connectivity index (χ3n) is 4.60. The summed E-state index contributed by atoms with van der Waals surface area (Å²) in [6.45, 7) is 6.19. The molecule has 2 amide bonds. The van der Waals surface area contributed by atoms with E-state index in [1.807, 2.05) is 52.1 Å². The van der Waals surface area contributed by atoms with E-state index < -0.39 is 0 Å². The zero-order valence-corrected chi connectivity index (χ0v) is 14.5. The lowest BCUT2D eigenvalue weighted by molar-refractivity contribution is -0.122. The molecule has 24 heavy (non-hydrogen) atoms. The summed E-state index contributed by atoms with van der Waals surface area (Å²) in [5.41, 5.74) is 4.41. The molecule has 1 N–H and O–H groups in total. The predicted octanol–water partition coefficient (Wildman–Crippen LogP) is 2.34. The third kappa shape index (κ3) is 2.91. The SMILES string of the molecule is Cc1ccc(N2CC(C(=O)Nc3c(C)nn(C)c3C)CC2=O)cc1. The van der Waals surface area contributed by atoms with Crippen molar-refractivity contribution in [1.82, 2.24) is 9.78 Å². The molecule has 1 aromatic carbocycles. The van der Waals surface area contributed by atoms with Crippen LogP contribution in [0, 0.1) is 26.7 Å². The van der Waals surface area contributed by atoms with Gasteiger partial charge in [-0.15, -0.1) is 0 Å². The first-order chi connectivity index (χ1) is 11.4. The van der Waals surface area contributed by atoms with Crippen molar-refractivity contribution in [3.8, 4) is 0 Å². The molecule has 1 unspecified atom stereocenters. The van der Waals surface area contributed by atoms with Gasteiger partial charge >= 0.3 is 0 Å². The third-order valence-corrected chi connectivity index (χ3v) is 4.60. The van der Waals surface area contributed by atoms with Crippen molar-refractivity contribution in [2.45, 2.75) is 27.2 Å². The van der Waals surface area contributed by atoms with Crippen LogP contribution in [-0.2, 0) is 16.6 Å². The highest BCUT2D eigenvalue weighted by molar-refractivity contribution is 6.03. The van der Waals surface area contributed by atoms with E-state index in [4.69, 9.17) is 0 Å². The maximum absolute atomic E-state index is 12.6. The molecule has 0 radical (unpaired) electrons. The van der Waals surface area contributed by atoms with Gasteiger partial charge in [0.25, 0.3) is 0 Å². The van der Waals surface area contributed by atoms with E-state index in [-0.39, 0.29) is 24.2 Å². The highest BCUT2D eigenvalue weighted by atomic mass is 16.2. The summed E-state index contributed by atoms with van der Waals surface area (Å²) < 4.78 is 1.74. The minimum Gasteiger partial charge on any atom is -0.323 e. The highest BCUT2D eigenvalue weighted by Gasteiger charge is 2.35. The lowest BCUT2D eigenvalue weighted by Gasteiger charge is -2.17. The molecule has 2 aromatic rings. The molecular weight excluding hydrogens is 304 g/mol. The van der Waals surface area contributed by atoms with Crippen molar-refractivity contribution >= 4 is 23.2 Å². The van der Waals surface area contributed by atoms with Crippen LogP contribution in [0.25, 0.3) is 0 Å². The fourth-order valence-corrected chi connectivity index (χ4v) is 3.04. The van der Waals surface area contributed by atoms with Gasteiger partial charge in [0, 0.05) is 25.7 Å². The van der Waals surface area contributed by atoms with Crippen LogP contribution in [0.2, 0.25) is 0 Å². The van der Waals surface area contributed by atoms with Crippen LogP contribution in [0.1, 0.15) is 23.4 Å². The number of hydrogen-bond donors (Lipinski definition) is 1. The minimum absolute atomic E-state index is 0.0152. The summed E-state index contributed by atoms with van der Waals surface area (Å²) in [5.74, 6) is -0.492. The van der Waals surface area contributed by atoms with Crippen LogP contribution < -0.4 is 10.2 Å². The molecule has 0 spiro atoms. The summed E-state index contributed by atoms with van der Waals surface area (Å²) >= 11 is 0. The van der Waals surface area contributed by atoms with E-state index in [0.717, 1.165) is 28.3 Å². The number of nitrogens with zero attached hydrogens (tertiary/aromatic N) is 3. The lowest BCUT2D eigenvalue weighted by atomic mass is 10.1. The average molecular weight is 326 g/mol. The molecule has 1 saturated heterocycles. The number of aromatic nitrogens is 2. The summed E-state index contributed by atoms with van der Waals surface area (Å²) in [5, 5.41) is 7.24. The van der Waals surface area contributed by atoms with E-state index in [0.29, 0.717) is 6.54 Å². The van der Waals surface area contributed by atoms with Crippen molar-refractivity contribution in [3.05, 3.63) is 41.2 Å². The number of amides is 2. The topological polar surface area (TPSA) is 67.2 Å². The number of anilines is 2. The van der Waals surface area contributed by atoms with Crippen LogP contribution in [0.3, 0.4) is 0 Å². The van der Waals surface area contributed by atoms with Gasteiger partial charge in [0.15, 0.2) is 0 Å². The van der Waals surface area contributed by atoms with Gasteiger partial charge in [-0.05, 0) is 32.9 Å². The maximum Gasteiger partial charge on any atom is 0.229 e. The minimum atomic E-state index is -0.349. The molecule has 0 bridgehead atoms. The largest absolute Gasteiger partial charge is 0.323 e. The number of hydrogen-bond acceptors (Lipinski definition) is 3. The van der Waals surface area contributed by atoms with Crippen molar-refractivity contribution in [1.29, 1.82) is 0 Å². The molecule has 0 saturated carbocycles. The Kier molecular flexibility index (Phi) is 4.13. The van der Waals surface area contributed by atoms with E-state index in [2.05, 4.69) is 10.4 Å². The fourth-order valence-electron chi connectivity index (χ4n) is 3.04. The van der Waals surface area contributed by atoms with Crippen LogP contribution in [0.4, 0.5) is 11.4 Å². The van der Waals surface area contributed by atoms with Gasteiger partial charge in [0.2, 0.25) is 11.8 Å². The Morgan fingerprint density at radius 2 is 1.88 bits per heavy atom. The molecule has 126 valence electrons. The molecule has 6 heteroatoms. The van der Waals surface area contributed by atoms with Crippen molar-refractivity contribution in [3.63, 3.8) is 0 Å². The molecule has 1 atom stereocenters. The number of rotatable bonds is 3. The van der Waals surface area contributed by atoms with Gasteiger partial charge in [0.1, 0.15) is 0 Å². The van der Waals surface area contributed by atoms with E-state index in [1.54, 1.807) is 9.58 Å². The van der Waals surface area contributed by atoms with E-state index in [1.165, 1.54) is 0 Å². The zero-order valence-electron chi connectivity index (χ0n) is 14.5. The molecule has 1 aliphatic rings. The van der Waals surface area contributed by atoms with Gasteiger partial charge in [-0.3, -0.25) is 14.3 Å². The molecule has 1 aliphatic heterocycles. The van der Waals surface area contributed by atoms with Crippen molar-refractivity contribution < 1.29 is 9.59 Å². The second kappa shape index (κ2) is 6.11. The number of nitrogens with one attached hydrogen (secondary N) is 1. The normalized spacial score (nSPS) is 17.4. The first kappa shape index (κ1) is 16.2. The van der Waals surface area contributed by atoms with Gasteiger partial charge in [-0.2, -0.15) is 5.10 Å². The Bertz CT molecular complexity index is 792. The number of aryl methyl sites for hydroxylation is 3. The Hall–Kier alpha value is -2.63. The number of carbonyl (C=O) groups excluding carboxylic acids is 2. The molecule has 2 heterocycles. The Morgan fingerprint density at radius 1 is 1.21 bits per heavy atom. The summed E-state index contributed by atoms with van der Waals surface area (Å²) in [6, 6.07) is 7.78. The summed E-state index contributed by atoms with van der Waals surface area (Å²) in [6.07, 6.45) is 0.234. The highest BCUT2D eigenvalue weighted by Crippen LogP contribution is 2.27. The first-order valence-electron chi connectivity index (χ1n) is 8.05. The summed E-state index contributed by atoms with van der Waals surface area (Å²) in [7, 11) is 1.84. The standard InChI is InChI=1S/C18H22N4O2/c1-11-5-7-15(8-6-11)22-10-14(9-16(22)23)18(24)19-17-12(2)20-21(4)13(17)3/h5-8,14H,9-10H2,1-4H3,(H,19,24). The van der Waals surface area contributed by atoms with Crippen LogP contribution >= 0.6 is 0 Å². The number of carbonyl (C=O) groups is 2. The van der Waals surface area contributed by atoms with Gasteiger partial charge < -0.3 is 10.2 Å². The second-order valence-corrected chi connectivity index (χ2v) is 6.40. The quantitative estimate of drug-likeness (QED) is 0.941. The van der Waals surface area contributed by atoms with Crippen LogP contribution in [0.5, 0.6) is 0 Å². The molecular formula is C18H22N4O2. The number of benzene rings is 1. The first-order valence-corrected chi connectivity index (χ1v) is 8.05. The van der Waals surface area contributed by atoms with Crippen LogP contribution in [-0.4, -0.2) is 28.1 Å². The smallest absolute Gasteiger partial charge is 0.229 e. The Morgan fingerprint density at radius 3 is 2.46 bits per heavy atom. The molecule has 3 rings (SSSR count). The fraction of sp³-hybridized carbons (Fsp3) is 0.389. The molecule has 1 fully saturated rings. The molecule has 0 aliphatic carbocycles. The summed E-state index contributed by atoms with van der Waals surface area (Å²) in [4.78, 5) is 26.6. The average Bonchev–Trinajstić information content (AvgIpc) is 3.04. The van der Waals surface area contributed by atoms with Crippen LogP contribution in [0.15, 0.2) is 24.3 Å². The lowest BCUT2D eigenvalue weighted by Crippen LogP contribution is -2.28. The van der Waals surface area contributed by atoms with Gasteiger partial charge in [0.05, 0.1) is 23.0 Å². The second-order valence-electron chi connectivity index (χ2n) is 6.40. The molecule has 6 nitrogen and oxygen atoms in total.